The van der Waals surface area contributed by atoms with Crippen LogP contribution in [-0.2, 0) is 12.0 Å². The third-order valence-corrected chi connectivity index (χ3v) is 14.3. The van der Waals surface area contributed by atoms with E-state index in [0.717, 1.165) is 30.8 Å². The first-order chi connectivity index (χ1) is 30.7. The van der Waals surface area contributed by atoms with Crippen LogP contribution < -0.4 is 14.5 Å². The molecule has 3 nitrogen and oxygen atoms in total. The van der Waals surface area contributed by atoms with Crippen LogP contribution in [0.15, 0.2) is 194 Å². The largest absolute Gasteiger partial charge is 0.473 e. The maximum atomic E-state index is 6.62. The van der Waals surface area contributed by atoms with Crippen LogP contribution in [0.4, 0.5) is 22.7 Å². The summed E-state index contributed by atoms with van der Waals surface area (Å²) >= 11 is 0. The first-order valence-electron chi connectivity index (χ1n) is 22.2. The lowest BCUT2D eigenvalue weighted by atomic mass is 9.76. The molecule has 1 saturated carbocycles. The van der Waals surface area contributed by atoms with Gasteiger partial charge >= 0.3 is 0 Å². The highest BCUT2D eigenvalue weighted by Gasteiger charge is 2.46. The number of benzene rings is 10. The summed E-state index contributed by atoms with van der Waals surface area (Å²) in [6, 6.07) is 72.3. The molecule has 10 aromatic rings. The van der Waals surface area contributed by atoms with E-state index in [1.165, 1.54) is 112 Å². The standard InChI is InChI=1S/C59H44N2O/c1-3-13-39(14-4-1)40-25-29-45(30-26-40)61(54-32-28-43-24-23-41-15-11-16-42-27-31-49(54)57(43)56(41)42)46-35-50(58-48-19-7-8-21-52(48)59(53(58)36-46)33-9-10-34-59)47-20-12-22-55-51(47)37-60(38-62-55)44-17-5-2-6-18-44/h1-8,11-32,35-36H,9-10,33-34,37-38H2. The van der Waals surface area contributed by atoms with Gasteiger partial charge in [0.25, 0.3) is 0 Å². The lowest BCUT2D eigenvalue weighted by molar-refractivity contribution is 0.290. The molecule has 0 unspecified atom stereocenters. The van der Waals surface area contributed by atoms with Crippen LogP contribution in [0.25, 0.3) is 65.7 Å². The third-order valence-electron chi connectivity index (χ3n) is 14.3. The van der Waals surface area contributed by atoms with Crippen LogP contribution in [0.2, 0.25) is 0 Å². The molecular weight excluding hydrogens is 753 g/mol. The first-order valence-corrected chi connectivity index (χ1v) is 22.2. The lowest BCUT2D eigenvalue weighted by Gasteiger charge is -2.34. The van der Waals surface area contributed by atoms with Gasteiger partial charge < -0.3 is 14.5 Å². The van der Waals surface area contributed by atoms with Gasteiger partial charge in [-0.3, -0.25) is 0 Å². The molecule has 0 saturated heterocycles. The molecule has 3 aliphatic rings. The molecule has 10 aromatic carbocycles. The highest BCUT2D eigenvalue weighted by Crippen LogP contribution is 2.61. The van der Waals surface area contributed by atoms with E-state index in [4.69, 9.17) is 4.74 Å². The molecule has 1 fully saturated rings. The van der Waals surface area contributed by atoms with E-state index in [1.54, 1.807) is 0 Å². The Labute approximate surface area is 362 Å². The van der Waals surface area contributed by atoms with Gasteiger partial charge in [-0.1, -0.05) is 158 Å². The summed E-state index contributed by atoms with van der Waals surface area (Å²) < 4.78 is 6.62. The molecule has 0 N–H and O–H groups in total. The normalized spacial score (nSPS) is 14.9. The highest BCUT2D eigenvalue weighted by atomic mass is 16.5. The van der Waals surface area contributed by atoms with E-state index in [-0.39, 0.29) is 5.41 Å². The zero-order valence-electron chi connectivity index (χ0n) is 34.5. The van der Waals surface area contributed by atoms with E-state index in [0.29, 0.717) is 6.73 Å². The summed E-state index contributed by atoms with van der Waals surface area (Å²) in [4.78, 5) is 4.91. The maximum Gasteiger partial charge on any atom is 0.161 e. The number of hydrogen-bond acceptors (Lipinski definition) is 3. The fourth-order valence-corrected chi connectivity index (χ4v) is 11.5. The molecule has 13 rings (SSSR count). The minimum atomic E-state index is -0.0381. The smallest absolute Gasteiger partial charge is 0.161 e. The second kappa shape index (κ2) is 13.8. The van der Waals surface area contributed by atoms with Gasteiger partial charge in [0.2, 0.25) is 0 Å². The molecule has 1 spiro atoms. The lowest BCUT2D eigenvalue weighted by Crippen LogP contribution is -2.32. The van der Waals surface area contributed by atoms with Gasteiger partial charge in [0.05, 0.1) is 12.2 Å². The molecule has 0 radical (unpaired) electrons. The van der Waals surface area contributed by atoms with Gasteiger partial charge in [0.15, 0.2) is 6.73 Å². The van der Waals surface area contributed by atoms with Crippen LogP contribution in [0.1, 0.15) is 42.4 Å². The minimum Gasteiger partial charge on any atom is -0.473 e. The average molecular weight is 797 g/mol. The molecule has 1 aliphatic heterocycles. The summed E-state index contributed by atoms with van der Waals surface area (Å²) in [5, 5.41) is 7.72. The van der Waals surface area contributed by atoms with E-state index in [2.05, 4.69) is 204 Å². The van der Waals surface area contributed by atoms with E-state index in [1.807, 2.05) is 0 Å². The van der Waals surface area contributed by atoms with Crippen LogP contribution in [0, 0.1) is 0 Å². The number of ether oxygens (including phenoxy) is 1. The number of para-hydroxylation sites is 1. The van der Waals surface area contributed by atoms with E-state index >= 15 is 0 Å². The van der Waals surface area contributed by atoms with Gasteiger partial charge in [-0.2, -0.15) is 0 Å². The summed E-state index contributed by atoms with van der Waals surface area (Å²) in [7, 11) is 0. The van der Waals surface area contributed by atoms with Crippen molar-refractivity contribution >= 4 is 55.1 Å². The third kappa shape index (κ3) is 5.31. The predicted octanol–water partition coefficient (Wildman–Crippen LogP) is 15.6. The fraction of sp³-hybridized carbons (Fsp3) is 0.119. The summed E-state index contributed by atoms with van der Waals surface area (Å²) in [5.41, 5.74) is 16.5. The molecule has 0 aromatic heterocycles. The zero-order chi connectivity index (χ0) is 40.8. The Hall–Kier alpha value is -7.36. The number of anilines is 4. The molecule has 0 bridgehead atoms. The van der Waals surface area contributed by atoms with E-state index < -0.39 is 0 Å². The molecule has 0 amide bonds. The van der Waals surface area contributed by atoms with Gasteiger partial charge in [-0.15, -0.1) is 0 Å². The second-order valence-corrected chi connectivity index (χ2v) is 17.5. The van der Waals surface area contributed by atoms with Gasteiger partial charge in [-0.05, 0) is 133 Å². The molecule has 1 heterocycles. The number of hydrogen-bond donors (Lipinski definition) is 0. The van der Waals surface area contributed by atoms with Crippen molar-refractivity contribution in [3.8, 4) is 39.1 Å². The Balaban J connectivity index is 1.09. The predicted molar refractivity (Wildman–Crippen MR) is 259 cm³/mol. The minimum absolute atomic E-state index is 0.0381. The topological polar surface area (TPSA) is 15.7 Å². The Bertz CT molecular complexity index is 3310. The monoisotopic (exact) mass is 796 g/mol. The van der Waals surface area contributed by atoms with Crippen LogP contribution in [0.3, 0.4) is 0 Å². The Morgan fingerprint density at radius 3 is 1.95 bits per heavy atom. The van der Waals surface area contributed by atoms with Crippen molar-refractivity contribution in [3.63, 3.8) is 0 Å². The number of nitrogens with zero attached hydrogens (tertiary/aromatic N) is 2. The van der Waals surface area contributed by atoms with Gasteiger partial charge in [0.1, 0.15) is 5.75 Å². The highest BCUT2D eigenvalue weighted by molar-refractivity contribution is 6.25. The van der Waals surface area contributed by atoms with Crippen molar-refractivity contribution in [1.82, 2.24) is 0 Å². The zero-order valence-corrected chi connectivity index (χ0v) is 34.5. The van der Waals surface area contributed by atoms with Crippen LogP contribution >= 0.6 is 0 Å². The van der Waals surface area contributed by atoms with Crippen molar-refractivity contribution in [2.24, 2.45) is 0 Å². The van der Waals surface area contributed by atoms with Crippen molar-refractivity contribution in [1.29, 1.82) is 0 Å². The maximum absolute atomic E-state index is 6.62. The van der Waals surface area contributed by atoms with Crippen molar-refractivity contribution in [2.75, 3.05) is 16.5 Å². The van der Waals surface area contributed by atoms with Crippen molar-refractivity contribution < 1.29 is 4.74 Å². The van der Waals surface area contributed by atoms with Gasteiger partial charge in [-0.25, -0.2) is 0 Å². The molecule has 2 aliphatic carbocycles. The molecule has 62 heavy (non-hydrogen) atoms. The quantitative estimate of drug-likeness (QED) is 0.156. The second-order valence-electron chi connectivity index (χ2n) is 17.5. The van der Waals surface area contributed by atoms with E-state index in [9.17, 15) is 0 Å². The van der Waals surface area contributed by atoms with Gasteiger partial charge in [0, 0.05) is 33.4 Å². The summed E-state index contributed by atoms with van der Waals surface area (Å²) in [5.74, 6) is 0.968. The van der Waals surface area contributed by atoms with Crippen molar-refractivity contribution in [2.45, 2.75) is 37.6 Å². The molecule has 0 atom stereocenters. The Kier molecular flexibility index (Phi) is 7.90. The Morgan fingerprint density at radius 2 is 1.15 bits per heavy atom. The fourth-order valence-electron chi connectivity index (χ4n) is 11.5. The Morgan fingerprint density at radius 1 is 0.484 bits per heavy atom. The molecular formula is C59H44N2O. The number of rotatable bonds is 6. The first kappa shape index (κ1) is 35.4. The van der Waals surface area contributed by atoms with Crippen LogP contribution in [0.5, 0.6) is 5.75 Å². The average Bonchev–Trinajstić information content (AvgIpc) is 3.95. The summed E-state index contributed by atoms with van der Waals surface area (Å²) in [6.07, 6.45) is 4.77. The summed E-state index contributed by atoms with van der Waals surface area (Å²) in [6.45, 7) is 1.28. The number of fused-ring (bicyclic) bond motifs is 6. The molecule has 296 valence electrons. The van der Waals surface area contributed by atoms with Crippen molar-refractivity contribution in [3.05, 3.63) is 211 Å². The van der Waals surface area contributed by atoms with Crippen LogP contribution in [-0.4, -0.2) is 6.73 Å². The SMILES string of the molecule is c1ccc(-c2ccc(N(c3cc(-c4cccc5c4CN(c4ccccc4)CO5)c4c(c3)C3(CCCC3)c3ccccc3-4)c3ccc4ccc5cccc6ccc3c4c56)cc2)cc1. The molecule has 3 heteroatoms.